The second kappa shape index (κ2) is 6.77. The molecule has 0 saturated heterocycles. The van der Waals surface area contributed by atoms with Gasteiger partial charge in [-0.1, -0.05) is 23.7 Å². The molecule has 6 heteroatoms. The van der Waals surface area contributed by atoms with Gasteiger partial charge >= 0.3 is 0 Å². The Morgan fingerprint density at radius 2 is 2.08 bits per heavy atom. The van der Waals surface area contributed by atoms with Crippen LogP contribution in [0.5, 0.6) is 5.75 Å². The van der Waals surface area contributed by atoms with Crippen LogP contribution in [-0.2, 0) is 13.7 Å². The maximum atomic E-state index is 6.17. The summed E-state index contributed by atoms with van der Waals surface area (Å²) in [5, 5.41) is 1.59. The molecule has 0 N–H and O–H groups in total. The highest BCUT2D eigenvalue weighted by Gasteiger charge is 2.13. The molecule has 4 rings (SSSR count). The molecule has 5 nitrogen and oxygen atoms in total. The van der Waals surface area contributed by atoms with Gasteiger partial charge in [-0.25, -0.2) is 9.97 Å². The number of aryl methyl sites for hydroxylation is 2. The number of imidazole rings is 1. The summed E-state index contributed by atoms with van der Waals surface area (Å²) in [6, 6.07) is 9.83. The highest BCUT2D eigenvalue weighted by molar-refractivity contribution is 6.31. The van der Waals surface area contributed by atoms with Gasteiger partial charge < -0.3 is 9.30 Å². The predicted molar refractivity (Wildman–Crippen MR) is 102 cm³/mol. The minimum absolute atomic E-state index is 0.355. The molecule has 0 atom stereocenters. The Morgan fingerprint density at radius 3 is 2.85 bits per heavy atom. The molecule has 0 saturated carbocycles. The van der Waals surface area contributed by atoms with Crippen LogP contribution in [0, 0.1) is 6.92 Å². The van der Waals surface area contributed by atoms with Gasteiger partial charge in [0.05, 0.1) is 5.02 Å². The fraction of sp³-hybridized carbons (Fsp3) is 0.150. The van der Waals surface area contributed by atoms with Gasteiger partial charge in [-0.3, -0.25) is 4.98 Å². The standard InChI is InChI=1S/C20H17ClN4O/c1-13-10-16(20-23-8-9-25(20)2)15-4-3-5-18(19(15)24-13)26-12-14-6-7-22-11-17(14)21/h3-11H,12H2,1-2H3. The Labute approximate surface area is 156 Å². The monoisotopic (exact) mass is 364 g/mol. The average Bonchev–Trinajstić information content (AvgIpc) is 3.06. The Morgan fingerprint density at radius 1 is 1.19 bits per heavy atom. The number of para-hydroxylation sites is 1. The van der Waals surface area contributed by atoms with E-state index in [1.165, 1.54) is 0 Å². The zero-order valence-corrected chi connectivity index (χ0v) is 15.2. The van der Waals surface area contributed by atoms with Crippen molar-refractivity contribution in [3.8, 4) is 17.1 Å². The number of halogens is 1. The maximum absolute atomic E-state index is 6.17. The molecule has 3 aromatic heterocycles. The molecule has 26 heavy (non-hydrogen) atoms. The zero-order chi connectivity index (χ0) is 18.1. The summed E-state index contributed by atoms with van der Waals surface area (Å²) >= 11 is 6.17. The number of aromatic nitrogens is 4. The van der Waals surface area contributed by atoms with Crippen molar-refractivity contribution in [2.75, 3.05) is 0 Å². The Kier molecular flexibility index (Phi) is 4.31. The fourth-order valence-corrected chi connectivity index (χ4v) is 3.13. The number of rotatable bonds is 4. The first kappa shape index (κ1) is 16.5. The third-order valence-corrected chi connectivity index (χ3v) is 4.57. The van der Waals surface area contributed by atoms with E-state index in [0.29, 0.717) is 11.6 Å². The lowest BCUT2D eigenvalue weighted by atomic mass is 10.1. The van der Waals surface area contributed by atoms with Gasteiger partial charge in [-0.15, -0.1) is 0 Å². The molecule has 3 heterocycles. The van der Waals surface area contributed by atoms with Crippen molar-refractivity contribution >= 4 is 22.5 Å². The lowest BCUT2D eigenvalue weighted by Crippen LogP contribution is -2.00. The summed E-state index contributed by atoms with van der Waals surface area (Å²) in [5.41, 5.74) is 3.65. The van der Waals surface area contributed by atoms with Crippen LogP contribution in [0.15, 0.2) is 55.1 Å². The number of fused-ring (bicyclic) bond motifs is 1. The van der Waals surface area contributed by atoms with Crippen LogP contribution in [0.4, 0.5) is 0 Å². The first-order chi connectivity index (χ1) is 12.6. The van der Waals surface area contributed by atoms with Gasteiger partial charge in [0, 0.05) is 54.0 Å². The number of hydrogen-bond acceptors (Lipinski definition) is 4. The third-order valence-electron chi connectivity index (χ3n) is 4.23. The van der Waals surface area contributed by atoms with E-state index in [4.69, 9.17) is 21.3 Å². The Balaban J connectivity index is 1.78. The minimum atomic E-state index is 0.355. The van der Waals surface area contributed by atoms with Crippen LogP contribution < -0.4 is 4.74 Å². The van der Waals surface area contributed by atoms with E-state index in [1.807, 2.05) is 55.1 Å². The highest BCUT2D eigenvalue weighted by Crippen LogP contribution is 2.32. The van der Waals surface area contributed by atoms with Gasteiger partial charge in [-0.2, -0.15) is 0 Å². The number of nitrogens with zero attached hydrogens (tertiary/aromatic N) is 4. The van der Waals surface area contributed by atoms with Crippen LogP contribution in [0.1, 0.15) is 11.3 Å². The van der Waals surface area contributed by atoms with E-state index in [9.17, 15) is 0 Å². The van der Waals surface area contributed by atoms with Crippen molar-refractivity contribution in [3.63, 3.8) is 0 Å². The van der Waals surface area contributed by atoms with E-state index in [-0.39, 0.29) is 0 Å². The van der Waals surface area contributed by atoms with E-state index in [2.05, 4.69) is 9.97 Å². The van der Waals surface area contributed by atoms with Gasteiger partial charge in [0.1, 0.15) is 23.7 Å². The van der Waals surface area contributed by atoms with Crippen LogP contribution in [0.2, 0.25) is 5.02 Å². The Bertz CT molecular complexity index is 1090. The van der Waals surface area contributed by atoms with Crippen molar-refractivity contribution in [1.29, 1.82) is 0 Å². The highest BCUT2D eigenvalue weighted by atomic mass is 35.5. The van der Waals surface area contributed by atoms with Gasteiger partial charge in [0.15, 0.2) is 0 Å². The first-order valence-corrected chi connectivity index (χ1v) is 8.60. The van der Waals surface area contributed by atoms with E-state index in [0.717, 1.165) is 39.3 Å². The molecule has 0 fully saturated rings. The van der Waals surface area contributed by atoms with E-state index < -0.39 is 0 Å². The van der Waals surface area contributed by atoms with Gasteiger partial charge in [0.25, 0.3) is 0 Å². The molecule has 0 unspecified atom stereocenters. The first-order valence-electron chi connectivity index (χ1n) is 8.23. The van der Waals surface area contributed by atoms with Crippen LogP contribution in [-0.4, -0.2) is 19.5 Å². The molecule has 130 valence electrons. The van der Waals surface area contributed by atoms with Crippen molar-refractivity contribution in [2.24, 2.45) is 7.05 Å². The minimum Gasteiger partial charge on any atom is -0.487 e. The number of hydrogen-bond donors (Lipinski definition) is 0. The molecule has 0 spiro atoms. The summed E-state index contributed by atoms with van der Waals surface area (Å²) in [7, 11) is 1.98. The summed E-state index contributed by atoms with van der Waals surface area (Å²) in [6.07, 6.45) is 7.05. The van der Waals surface area contributed by atoms with Gasteiger partial charge in [-0.05, 0) is 25.1 Å². The molecule has 4 aromatic rings. The summed E-state index contributed by atoms with van der Waals surface area (Å²) in [4.78, 5) is 13.2. The molecule has 0 radical (unpaired) electrons. The molecule has 0 aliphatic heterocycles. The number of ether oxygens (including phenoxy) is 1. The molecule has 0 aliphatic carbocycles. The van der Waals surface area contributed by atoms with Crippen molar-refractivity contribution in [2.45, 2.75) is 13.5 Å². The van der Waals surface area contributed by atoms with Crippen molar-refractivity contribution in [3.05, 3.63) is 71.4 Å². The summed E-state index contributed by atoms with van der Waals surface area (Å²) < 4.78 is 8.04. The average molecular weight is 365 g/mol. The van der Waals surface area contributed by atoms with Gasteiger partial charge in [0.2, 0.25) is 0 Å². The largest absolute Gasteiger partial charge is 0.487 e. The lowest BCUT2D eigenvalue weighted by molar-refractivity contribution is 0.309. The maximum Gasteiger partial charge on any atom is 0.146 e. The molecule has 0 amide bonds. The molecule has 0 bridgehead atoms. The van der Waals surface area contributed by atoms with Crippen LogP contribution >= 0.6 is 11.6 Å². The summed E-state index contributed by atoms with van der Waals surface area (Å²) in [6.45, 7) is 2.33. The fourth-order valence-electron chi connectivity index (χ4n) is 2.95. The van der Waals surface area contributed by atoms with Crippen molar-refractivity contribution < 1.29 is 4.74 Å². The number of pyridine rings is 2. The normalized spacial score (nSPS) is 11.0. The Hall–Kier alpha value is -2.92. The third kappa shape index (κ3) is 3.02. The second-order valence-electron chi connectivity index (χ2n) is 6.08. The van der Waals surface area contributed by atoms with Crippen LogP contribution in [0.3, 0.4) is 0 Å². The zero-order valence-electron chi connectivity index (χ0n) is 14.5. The van der Waals surface area contributed by atoms with Crippen LogP contribution in [0.25, 0.3) is 22.3 Å². The summed E-state index contributed by atoms with van der Waals surface area (Å²) in [5.74, 6) is 1.62. The SMILES string of the molecule is Cc1cc(-c2nccn2C)c2cccc(OCc3ccncc3Cl)c2n1. The molecular weight excluding hydrogens is 348 g/mol. The van der Waals surface area contributed by atoms with E-state index in [1.54, 1.807) is 18.6 Å². The lowest BCUT2D eigenvalue weighted by Gasteiger charge is -2.13. The van der Waals surface area contributed by atoms with E-state index >= 15 is 0 Å². The molecular formula is C20H17ClN4O. The molecule has 0 aliphatic rings. The second-order valence-corrected chi connectivity index (χ2v) is 6.49. The topological polar surface area (TPSA) is 52.8 Å². The van der Waals surface area contributed by atoms with Crippen molar-refractivity contribution in [1.82, 2.24) is 19.5 Å². The number of benzene rings is 1. The quantitative estimate of drug-likeness (QED) is 0.532. The smallest absolute Gasteiger partial charge is 0.146 e. The molecule has 1 aromatic carbocycles. The predicted octanol–water partition coefficient (Wildman–Crippen LogP) is 4.57.